The number of hydrogen-bond acceptors (Lipinski definition) is 3. The van der Waals surface area contributed by atoms with E-state index in [0.29, 0.717) is 18.7 Å². The van der Waals surface area contributed by atoms with Gasteiger partial charge in [-0.3, -0.25) is 14.6 Å². The number of benzene rings is 2. The molecule has 0 radical (unpaired) electrons. The van der Waals surface area contributed by atoms with E-state index in [-0.39, 0.29) is 24.1 Å². The zero-order chi connectivity index (χ0) is 19.5. The molecule has 1 N–H and O–H groups in total. The molecule has 3 aromatic rings. The third kappa shape index (κ3) is 3.76. The Bertz CT molecular complexity index is 1020. The molecule has 140 valence electrons. The van der Waals surface area contributed by atoms with Crippen molar-refractivity contribution in [2.75, 3.05) is 4.90 Å². The van der Waals surface area contributed by atoms with Gasteiger partial charge in [0.15, 0.2) is 0 Å². The summed E-state index contributed by atoms with van der Waals surface area (Å²) in [6, 6.07) is 15.1. The summed E-state index contributed by atoms with van der Waals surface area (Å²) in [5.41, 5.74) is 3.89. The highest BCUT2D eigenvalue weighted by atomic mass is 19.1. The molecule has 0 unspecified atom stereocenters. The highest BCUT2D eigenvalue weighted by Crippen LogP contribution is 2.31. The average Bonchev–Trinajstić information content (AvgIpc) is 3.03. The summed E-state index contributed by atoms with van der Waals surface area (Å²) in [7, 11) is 0. The molecule has 0 bridgehead atoms. The summed E-state index contributed by atoms with van der Waals surface area (Å²) in [6.45, 7) is 0.762. The van der Waals surface area contributed by atoms with E-state index in [0.717, 1.165) is 22.4 Å². The number of carbonyl (C=O) groups is 2. The van der Waals surface area contributed by atoms with E-state index in [1.54, 1.807) is 47.6 Å². The molecule has 2 heterocycles. The van der Waals surface area contributed by atoms with E-state index in [1.807, 2.05) is 12.1 Å². The first-order valence-electron chi connectivity index (χ1n) is 8.95. The molecule has 5 nitrogen and oxygen atoms in total. The van der Waals surface area contributed by atoms with E-state index < -0.39 is 0 Å². The van der Waals surface area contributed by atoms with Gasteiger partial charge in [-0.2, -0.15) is 0 Å². The Morgan fingerprint density at radius 1 is 1.11 bits per heavy atom. The van der Waals surface area contributed by atoms with Gasteiger partial charge in [0, 0.05) is 30.2 Å². The van der Waals surface area contributed by atoms with Crippen LogP contribution in [0.25, 0.3) is 0 Å². The smallest absolute Gasteiger partial charge is 0.251 e. The largest absolute Gasteiger partial charge is 0.348 e. The Hall–Kier alpha value is -3.54. The van der Waals surface area contributed by atoms with Crippen LogP contribution in [0, 0.1) is 5.82 Å². The highest BCUT2D eigenvalue weighted by molar-refractivity contribution is 6.03. The predicted molar refractivity (Wildman–Crippen MR) is 103 cm³/mol. The molecule has 0 aliphatic carbocycles. The molecule has 1 aliphatic heterocycles. The Kier molecular flexibility index (Phi) is 4.85. The monoisotopic (exact) mass is 375 g/mol. The predicted octanol–water partition coefficient (Wildman–Crippen LogP) is 3.24. The van der Waals surface area contributed by atoms with E-state index in [9.17, 15) is 14.0 Å². The van der Waals surface area contributed by atoms with Crippen LogP contribution < -0.4 is 10.2 Å². The zero-order valence-corrected chi connectivity index (χ0v) is 15.1. The van der Waals surface area contributed by atoms with Crippen LogP contribution in [0.5, 0.6) is 0 Å². The van der Waals surface area contributed by atoms with Gasteiger partial charge in [-0.25, -0.2) is 4.39 Å². The van der Waals surface area contributed by atoms with Crippen molar-refractivity contribution in [3.05, 3.63) is 95.1 Å². The SMILES string of the molecule is O=C(NCc1cccnc1)c1ccc2c(c1)CC(=O)N2Cc1ccc(F)cc1. The first-order chi connectivity index (χ1) is 13.6. The van der Waals surface area contributed by atoms with E-state index in [1.165, 1.54) is 12.1 Å². The average molecular weight is 375 g/mol. The van der Waals surface area contributed by atoms with Crippen molar-refractivity contribution in [3.63, 3.8) is 0 Å². The quantitative estimate of drug-likeness (QED) is 0.745. The lowest BCUT2D eigenvalue weighted by Crippen LogP contribution is -2.26. The standard InChI is InChI=1S/C22H18FN3O2/c23-19-6-3-15(4-7-19)14-26-20-8-5-17(10-18(20)11-21(26)27)22(28)25-13-16-2-1-9-24-12-16/h1-10,12H,11,13-14H2,(H,25,28). The maximum atomic E-state index is 13.1. The van der Waals surface area contributed by atoms with Crippen LogP contribution in [-0.4, -0.2) is 16.8 Å². The number of carbonyl (C=O) groups excluding carboxylic acids is 2. The molecule has 2 aromatic carbocycles. The fraction of sp³-hybridized carbons (Fsp3) is 0.136. The van der Waals surface area contributed by atoms with Crippen molar-refractivity contribution < 1.29 is 14.0 Å². The maximum absolute atomic E-state index is 13.1. The molecule has 0 atom stereocenters. The van der Waals surface area contributed by atoms with Gasteiger partial charge >= 0.3 is 0 Å². The number of anilines is 1. The number of fused-ring (bicyclic) bond motifs is 1. The van der Waals surface area contributed by atoms with Crippen LogP contribution in [0.3, 0.4) is 0 Å². The number of pyridine rings is 1. The highest BCUT2D eigenvalue weighted by Gasteiger charge is 2.28. The van der Waals surface area contributed by atoms with Gasteiger partial charge in [0.05, 0.1) is 13.0 Å². The summed E-state index contributed by atoms with van der Waals surface area (Å²) in [4.78, 5) is 30.6. The van der Waals surface area contributed by atoms with Crippen molar-refractivity contribution >= 4 is 17.5 Å². The lowest BCUT2D eigenvalue weighted by Gasteiger charge is -2.18. The van der Waals surface area contributed by atoms with Gasteiger partial charge in [-0.05, 0) is 53.1 Å². The Morgan fingerprint density at radius 2 is 1.93 bits per heavy atom. The topological polar surface area (TPSA) is 62.3 Å². The number of aromatic nitrogens is 1. The molecule has 1 aromatic heterocycles. The molecular formula is C22H18FN3O2. The molecule has 0 saturated carbocycles. The second-order valence-electron chi connectivity index (χ2n) is 6.67. The van der Waals surface area contributed by atoms with Crippen molar-refractivity contribution in [1.82, 2.24) is 10.3 Å². The Balaban J connectivity index is 1.47. The summed E-state index contributed by atoms with van der Waals surface area (Å²) in [5.74, 6) is -0.540. The number of halogens is 1. The van der Waals surface area contributed by atoms with Crippen molar-refractivity contribution in [2.24, 2.45) is 0 Å². The molecule has 0 saturated heterocycles. The lowest BCUT2D eigenvalue weighted by atomic mass is 10.1. The second-order valence-corrected chi connectivity index (χ2v) is 6.67. The molecular weight excluding hydrogens is 357 g/mol. The molecule has 0 spiro atoms. The fourth-order valence-electron chi connectivity index (χ4n) is 3.26. The molecule has 1 aliphatic rings. The minimum Gasteiger partial charge on any atom is -0.348 e. The van der Waals surface area contributed by atoms with Crippen molar-refractivity contribution in [1.29, 1.82) is 0 Å². The van der Waals surface area contributed by atoms with Crippen LogP contribution in [0.4, 0.5) is 10.1 Å². The summed E-state index contributed by atoms with van der Waals surface area (Å²) < 4.78 is 13.1. The first kappa shape index (κ1) is 17.9. The molecule has 0 fully saturated rings. The lowest BCUT2D eigenvalue weighted by molar-refractivity contribution is -0.117. The second kappa shape index (κ2) is 7.60. The summed E-state index contributed by atoms with van der Waals surface area (Å²) in [5, 5.41) is 2.86. The maximum Gasteiger partial charge on any atom is 0.251 e. The minimum atomic E-state index is -0.307. The third-order valence-corrected chi connectivity index (χ3v) is 4.71. The number of amides is 2. The van der Waals surface area contributed by atoms with Gasteiger partial charge in [-0.15, -0.1) is 0 Å². The fourth-order valence-corrected chi connectivity index (χ4v) is 3.26. The van der Waals surface area contributed by atoms with Gasteiger partial charge in [0.2, 0.25) is 5.91 Å². The van der Waals surface area contributed by atoms with Crippen LogP contribution in [0.15, 0.2) is 67.0 Å². The number of nitrogens with one attached hydrogen (secondary N) is 1. The summed E-state index contributed by atoms with van der Waals surface area (Å²) in [6.07, 6.45) is 3.63. The van der Waals surface area contributed by atoms with E-state index >= 15 is 0 Å². The minimum absolute atomic E-state index is 0.0350. The van der Waals surface area contributed by atoms with E-state index in [2.05, 4.69) is 10.3 Å². The molecule has 6 heteroatoms. The van der Waals surface area contributed by atoms with Gasteiger partial charge < -0.3 is 10.2 Å². The molecule has 28 heavy (non-hydrogen) atoms. The number of rotatable bonds is 5. The number of hydrogen-bond donors (Lipinski definition) is 1. The normalized spacial score (nSPS) is 12.8. The van der Waals surface area contributed by atoms with Gasteiger partial charge in [0.1, 0.15) is 5.82 Å². The van der Waals surface area contributed by atoms with Crippen LogP contribution >= 0.6 is 0 Å². The molecule has 4 rings (SSSR count). The Labute approximate surface area is 161 Å². The van der Waals surface area contributed by atoms with Crippen molar-refractivity contribution in [3.8, 4) is 0 Å². The van der Waals surface area contributed by atoms with Crippen molar-refractivity contribution in [2.45, 2.75) is 19.5 Å². The molecule has 2 amide bonds. The van der Waals surface area contributed by atoms with Gasteiger partial charge in [0.25, 0.3) is 5.91 Å². The van der Waals surface area contributed by atoms with Crippen LogP contribution in [-0.2, 0) is 24.3 Å². The van der Waals surface area contributed by atoms with Crippen LogP contribution in [0.2, 0.25) is 0 Å². The van der Waals surface area contributed by atoms with Crippen LogP contribution in [0.1, 0.15) is 27.0 Å². The van der Waals surface area contributed by atoms with Gasteiger partial charge in [-0.1, -0.05) is 18.2 Å². The summed E-state index contributed by atoms with van der Waals surface area (Å²) >= 11 is 0. The third-order valence-electron chi connectivity index (χ3n) is 4.71. The van der Waals surface area contributed by atoms with E-state index in [4.69, 9.17) is 0 Å². The first-order valence-corrected chi connectivity index (χ1v) is 8.95. The zero-order valence-electron chi connectivity index (χ0n) is 15.1. The number of nitrogens with zero attached hydrogens (tertiary/aromatic N) is 2. The Morgan fingerprint density at radius 3 is 2.68 bits per heavy atom.